The van der Waals surface area contributed by atoms with Crippen molar-refractivity contribution in [3.05, 3.63) is 498 Å². The average molecular weight is 1840 g/mol. The molecular formula is C122H136N10V2. The van der Waals surface area contributed by atoms with E-state index in [1.807, 2.05) is 100 Å². The largest absolute Gasteiger partial charge is 2.00 e. The van der Waals surface area contributed by atoms with Gasteiger partial charge in [-0.2, -0.15) is 0 Å². The van der Waals surface area contributed by atoms with E-state index >= 15 is 0 Å². The number of benzene rings is 13. The van der Waals surface area contributed by atoms with Crippen LogP contribution in [-0.4, -0.2) is 32.8 Å². The fraction of sp³-hybridized carbons (Fsp3) is 0.246. The molecule has 10 nitrogen and oxygen atoms in total. The van der Waals surface area contributed by atoms with E-state index in [9.17, 15) is 0 Å². The van der Waals surface area contributed by atoms with Crippen molar-refractivity contribution in [2.45, 2.75) is 200 Å². The summed E-state index contributed by atoms with van der Waals surface area (Å²) in [4.78, 5) is 32.7. The number of pyridine rings is 2. The van der Waals surface area contributed by atoms with Crippen molar-refractivity contribution in [1.29, 1.82) is 0 Å². The van der Waals surface area contributed by atoms with E-state index in [-0.39, 0.29) is 37.1 Å². The van der Waals surface area contributed by atoms with Crippen LogP contribution in [0, 0.1) is 41.5 Å². The summed E-state index contributed by atoms with van der Waals surface area (Å²) in [7, 11) is 0. The molecule has 2 aromatic heterocycles. The number of aryl methyl sites for hydroxylation is 6. The van der Waals surface area contributed by atoms with Crippen LogP contribution >= 0.6 is 0 Å². The molecule has 2 radical (unpaired) electrons. The molecule has 13 aromatic carbocycles. The third-order valence-corrected chi connectivity index (χ3v) is 22.3. The van der Waals surface area contributed by atoms with E-state index in [2.05, 4.69) is 355 Å². The standard InChI is InChI=1S/2C43H47N3.C8H10.4C7H8N.2V/c2*1-28(2)34-22-15-23-35(29(3)4)42(34)45-40(32-18-11-9-12-19-32)38-26-17-27-39(44-38)41(33-20-13-10-14-21-33)46-43-36(30(5)6)24-16-25-37(43)31(7)8;1-7-3-5-8(2)6-4-7;4*1-6-2-4-7(8)5-3-6;;/h2*9-31H,1-8H3;3-6H,1-2H3;4*2-5,8H,1H3;;/q;;;4*-1;2*+2. The zero-order valence-corrected chi connectivity index (χ0v) is 85.5. The molecule has 0 aliphatic carbocycles. The van der Waals surface area contributed by atoms with Crippen molar-refractivity contribution in [2.24, 2.45) is 20.0 Å². The Morgan fingerprint density at radius 1 is 0.179 bits per heavy atom. The van der Waals surface area contributed by atoms with Crippen LogP contribution in [0.1, 0.15) is 281 Å². The number of nitrogens with zero attached hydrogens (tertiary/aromatic N) is 6. The van der Waals surface area contributed by atoms with Crippen LogP contribution in [0.25, 0.3) is 22.9 Å². The number of hydrogen-bond donors (Lipinski definition) is 0. The van der Waals surface area contributed by atoms with Crippen LogP contribution in [-0.2, 0) is 37.1 Å². The fourth-order valence-electron chi connectivity index (χ4n) is 14.7. The molecule has 0 atom stereocenters. The molecule has 12 heteroatoms. The Morgan fingerprint density at radius 2 is 0.313 bits per heavy atom. The predicted molar refractivity (Wildman–Crippen MR) is 570 cm³/mol. The second-order valence-corrected chi connectivity index (χ2v) is 36.1. The maximum absolute atomic E-state index is 7.09. The Hall–Kier alpha value is -12.8. The van der Waals surface area contributed by atoms with Gasteiger partial charge >= 0.3 is 37.1 Å². The molecule has 684 valence electrons. The van der Waals surface area contributed by atoms with Gasteiger partial charge in [-0.25, -0.2) is 29.9 Å². The molecule has 0 fully saturated rings. The minimum absolute atomic E-state index is 0. The summed E-state index contributed by atoms with van der Waals surface area (Å²) in [6, 6.07) is 119. The van der Waals surface area contributed by atoms with Crippen LogP contribution in [0.3, 0.4) is 0 Å². The first-order chi connectivity index (χ1) is 63.2. The molecule has 0 aliphatic heterocycles. The first kappa shape index (κ1) is 108. The molecule has 15 rings (SSSR count). The van der Waals surface area contributed by atoms with Gasteiger partial charge in [-0.1, -0.05) is 472 Å². The molecule has 15 aromatic rings. The van der Waals surface area contributed by atoms with Crippen molar-refractivity contribution in [1.82, 2.24) is 9.97 Å². The summed E-state index contributed by atoms with van der Waals surface area (Å²) < 4.78 is 0. The van der Waals surface area contributed by atoms with Crippen molar-refractivity contribution in [2.75, 3.05) is 0 Å². The Labute approximate surface area is 826 Å². The average Bonchev–Trinajstić information content (AvgIpc) is 0.800. The maximum atomic E-state index is 7.09. The minimum Gasteiger partial charge on any atom is -0.699 e. The SMILES string of the molecule is CC(C)c1cccc(C(C)C)c1N=C(c1ccccc1)c1cccc(C(=Nc2c(C(C)C)cccc2C(C)C)c2ccccc2)n1.CC(C)c1cccc(C(C)C)c1N=C(c1ccccc1)c1cccc(C(=Nc2c(C(C)C)cccc2C(C)C)c2ccccc2)n1.Cc1ccc(C)cc1.Cc1ccc([NH-])cc1.Cc1ccc([NH-])cc1.Cc1ccc([NH-])cc1.Cc1ccc([NH-])cc1.[V+2].[V+2]. The van der Waals surface area contributed by atoms with Crippen molar-refractivity contribution in [3.8, 4) is 0 Å². The first-order valence-corrected chi connectivity index (χ1v) is 46.4. The first-order valence-electron chi connectivity index (χ1n) is 46.4. The minimum atomic E-state index is 0. The van der Waals surface area contributed by atoms with Gasteiger partial charge in [0.1, 0.15) is 0 Å². The van der Waals surface area contributed by atoms with Gasteiger partial charge in [-0.15, -0.1) is 22.7 Å². The van der Waals surface area contributed by atoms with E-state index in [1.165, 1.54) is 77.9 Å². The van der Waals surface area contributed by atoms with Gasteiger partial charge in [0.05, 0.1) is 68.4 Å². The number of rotatable bonds is 20. The van der Waals surface area contributed by atoms with E-state index in [0.29, 0.717) is 70.1 Å². The summed E-state index contributed by atoms with van der Waals surface area (Å²) in [5, 5.41) is 0. The Bertz CT molecular complexity index is 5200. The maximum Gasteiger partial charge on any atom is 2.00 e. The number of nitrogens with one attached hydrogen (secondary N) is 4. The summed E-state index contributed by atoms with van der Waals surface area (Å²) in [6.07, 6.45) is 0. The number of aliphatic imine (C=N–C) groups is 4. The van der Waals surface area contributed by atoms with Crippen molar-refractivity contribution >= 4 is 68.3 Å². The van der Waals surface area contributed by atoms with Crippen LogP contribution in [0.4, 0.5) is 45.5 Å². The molecule has 134 heavy (non-hydrogen) atoms. The van der Waals surface area contributed by atoms with E-state index in [0.717, 1.165) is 90.6 Å². The van der Waals surface area contributed by atoms with E-state index in [4.69, 9.17) is 52.9 Å². The molecule has 4 N–H and O–H groups in total. The Morgan fingerprint density at radius 3 is 0.448 bits per heavy atom. The van der Waals surface area contributed by atoms with E-state index < -0.39 is 0 Å². The monoisotopic (exact) mass is 1840 g/mol. The second kappa shape index (κ2) is 54.4. The Balaban J connectivity index is 0.000000254. The third kappa shape index (κ3) is 32.8. The van der Waals surface area contributed by atoms with Crippen LogP contribution in [0.2, 0.25) is 0 Å². The quantitative estimate of drug-likeness (QED) is 0.0693. The summed E-state index contributed by atoms with van der Waals surface area (Å²) in [6.45, 7) is 48.1. The van der Waals surface area contributed by atoms with Crippen molar-refractivity contribution < 1.29 is 37.1 Å². The molecular weight excluding hydrogens is 1710 g/mol. The molecule has 0 saturated heterocycles. The number of para-hydroxylation sites is 4. The second-order valence-electron chi connectivity index (χ2n) is 36.1. The molecule has 0 amide bonds. The predicted octanol–water partition coefficient (Wildman–Crippen LogP) is 36.8. The van der Waals surface area contributed by atoms with Gasteiger partial charge in [0.15, 0.2) is 0 Å². The summed E-state index contributed by atoms with van der Waals surface area (Å²) >= 11 is 0. The summed E-state index contributed by atoms with van der Waals surface area (Å²) in [5.41, 5.74) is 63.2. The van der Waals surface area contributed by atoms with Crippen LogP contribution < -0.4 is 0 Å². The third-order valence-electron chi connectivity index (χ3n) is 22.3. The van der Waals surface area contributed by atoms with Crippen LogP contribution in [0.15, 0.2) is 372 Å². The van der Waals surface area contributed by atoms with Crippen LogP contribution in [0.5, 0.6) is 0 Å². The molecule has 0 aliphatic rings. The Kier molecular flexibility index (Phi) is 43.9. The normalized spacial score (nSPS) is 11.3. The van der Waals surface area contributed by atoms with Gasteiger partial charge in [0.2, 0.25) is 0 Å². The zero-order chi connectivity index (χ0) is 95.5. The zero-order valence-electron chi connectivity index (χ0n) is 82.7. The van der Waals surface area contributed by atoms with Gasteiger partial charge in [0, 0.05) is 22.3 Å². The van der Waals surface area contributed by atoms with Gasteiger partial charge < -0.3 is 22.9 Å². The number of hydrogen-bond acceptors (Lipinski definition) is 6. The topological polar surface area (TPSA) is 170 Å². The summed E-state index contributed by atoms with van der Waals surface area (Å²) in [5.74, 6) is 2.68. The molecule has 0 spiro atoms. The van der Waals surface area contributed by atoms with E-state index in [1.54, 1.807) is 48.5 Å². The number of aromatic nitrogens is 2. The van der Waals surface area contributed by atoms with Gasteiger partial charge in [0.25, 0.3) is 0 Å². The van der Waals surface area contributed by atoms with Gasteiger partial charge in [-0.05, 0) is 158 Å². The molecule has 2 heterocycles. The molecule has 0 saturated carbocycles. The smallest absolute Gasteiger partial charge is 0.699 e. The molecule has 0 bridgehead atoms. The molecule has 0 unspecified atom stereocenters. The van der Waals surface area contributed by atoms with Gasteiger partial charge in [-0.3, -0.25) is 0 Å². The van der Waals surface area contributed by atoms with Crippen molar-refractivity contribution in [3.63, 3.8) is 0 Å². The fourth-order valence-corrected chi connectivity index (χ4v) is 14.7.